The molecule has 1 N–H and O–H groups in total. The van der Waals surface area contributed by atoms with E-state index < -0.39 is 21.7 Å². The van der Waals surface area contributed by atoms with Crippen molar-refractivity contribution < 1.29 is 18.3 Å². The number of sulfone groups is 1. The molecule has 2 aromatic carbocycles. The first-order chi connectivity index (χ1) is 12.7. The maximum absolute atomic E-state index is 12.7. The molecule has 0 heterocycles. The highest BCUT2D eigenvalue weighted by molar-refractivity contribution is 7.90. The van der Waals surface area contributed by atoms with Gasteiger partial charge in [0.1, 0.15) is 0 Å². The highest BCUT2D eigenvalue weighted by atomic mass is 35.5. The molecule has 0 aliphatic carbocycles. The first-order valence-corrected chi connectivity index (χ1v) is 11.1. The van der Waals surface area contributed by atoms with Crippen LogP contribution in [-0.4, -0.2) is 19.5 Å². The minimum atomic E-state index is -3.62. The van der Waals surface area contributed by atoms with Crippen molar-refractivity contribution in [2.45, 2.75) is 43.3 Å². The number of hydrogen-bond acceptors (Lipinski definition) is 3. The van der Waals surface area contributed by atoms with Gasteiger partial charge in [-0.3, -0.25) is 4.79 Å². The molecular formula is C20H22Cl2O4S. The monoisotopic (exact) mass is 428 g/mol. The fourth-order valence-electron chi connectivity index (χ4n) is 2.82. The van der Waals surface area contributed by atoms with Crippen molar-refractivity contribution in [1.29, 1.82) is 0 Å². The molecule has 0 spiro atoms. The van der Waals surface area contributed by atoms with E-state index in [1.54, 1.807) is 30.3 Å². The van der Waals surface area contributed by atoms with Crippen LogP contribution in [-0.2, 0) is 26.8 Å². The second-order valence-corrected chi connectivity index (χ2v) is 9.29. The van der Waals surface area contributed by atoms with Crippen LogP contribution in [0.5, 0.6) is 0 Å². The van der Waals surface area contributed by atoms with Crippen molar-refractivity contribution >= 4 is 39.0 Å². The summed E-state index contributed by atoms with van der Waals surface area (Å²) in [4.78, 5) is 11.5. The lowest BCUT2D eigenvalue weighted by Gasteiger charge is -2.13. The molecule has 0 saturated heterocycles. The Morgan fingerprint density at radius 2 is 1.67 bits per heavy atom. The predicted molar refractivity (Wildman–Crippen MR) is 108 cm³/mol. The zero-order chi connectivity index (χ0) is 20.0. The molecule has 2 rings (SSSR count). The SMILES string of the molecule is CCCC[C@H](Cc1ccc(S(=O)(=O)Cc2c(Cl)cccc2Cl)cc1)C(=O)O. The highest BCUT2D eigenvalue weighted by Gasteiger charge is 2.21. The molecule has 146 valence electrons. The lowest BCUT2D eigenvalue weighted by atomic mass is 9.94. The van der Waals surface area contributed by atoms with E-state index in [0.29, 0.717) is 28.5 Å². The predicted octanol–water partition coefficient (Wildman–Crippen LogP) is 5.40. The Morgan fingerprint density at radius 1 is 1.07 bits per heavy atom. The molecule has 0 aliphatic rings. The minimum Gasteiger partial charge on any atom is -0.481 e. The van der Waals surface area contributed by atoms with Crippen molar-refractivity contribution in [3.63, 3.8) is 0 Å². The lowest BCUT2D eigenvalue weighted by molar-refractivity contribution is -0.142. The summed E-state index contributed by atoms with van der Waals surface area (Å²) in [6.07, 6.45) is 2.77. The molecule has 0 radical (unpaired) electrons. The van der Waals surface area contributed by atoms with E-state index in [0.717, 1.165) is 18.4 Å². The van der Waals surface area contributed by atoms with Gasteiger partial charge in [-0.2, -0.15) is 0 Å². The average molecular weight is 429 g/mol. The lowest BCUT2D eigenvalue weighted by Crippen LogP contribution is -2.16. The summed E-state index contributed by atoms with van der Waals surface area (Å²) in [5.74, 6) is -1.58. The van der Waals surface area contributed by atoms with Gasteiger partial charge >= 0.3 is 5.97 Å². The van der Waals surface area contributed by atoms with Gasteiger partial charge in [0, 0.05) is 15.6 Å². The van der Waals surface area contributed by atoms with E-state index in [-0.39, 0.29) is 10.6 Å². The third-order valence-corrected chi connectivity index (χ3v) is 6.78. The summed E-state index contributed by atoms with van der Waals surface area (Å²) in [6.45, 7) is 2.02. The smallest absolute Gasteiger partial charge is 0.306 e. The topological polar surface area (TPSA) is 71.4 Å². The molecule has 0 unspecified atom stereocenters. The molecule has 0 aliphatic heterocycles. The van der Waals surface area contributed by atoms with Crippen molar-refractivity contribution in [1.82, 2.24) is 0 Å². The van der Waals surface area contributed by atoms with Gasteiger partial charge in [-0.15, -0.1) is 0 Å². The first kappa shape index (κ1) is 21.7. The number of hydrogen-bond donors (Lipinski definition) is 1. The third-order valence-electron chi connectivity index (χ3n) is 4.42. The number of carbonyl (C=O) groups is 1. The summed E-state index contributed by atoms with van der Waals surface area (Å²) < 4.78 is 25.4. The zero-order valence-corrected chi connectivity index (χ0v) is 17.3. The molecule has 4 nitrogen and oxygen atoms in total. The normalized spacial score (nSPS) is 12.7. The molecule has 1 atom stereocenters. The molecule has 0 amide bonds. The summed E-state index contributed by atoms with van der Waals surface area (Å²) in [7, 11) is -3.62. The van der Waals surface area contributed by atoms with Crippen LogP contribution in [0.25, 0.3) is 0 Å². The Morgan fingerprint density at radius 3 is 2.19 bits per heavy atom. The third kappa shape index (κ3) is 5.96. The molecular weight excluding hydrogens is 407 g/mol. The Balaban J connectivity index is 2.17. The molecule has 0 saturated carbocycles. The van der Waals surface area contributed by atoms with Crippen LogP contribution in [0, 0.1) is 5.92 Å². The Labute approximate surface area is 170 Å². The summed E-state index contributed by atoms with van der Waals surface area (Å²) in [6, 6.07) is 11.2. The fourth-order valence-corrected chi connectivity index (χ4v) is 4.92. The molecule has 2 aromatic rings. The molecule has 27 heavy (non-hydrogen) atoms. The second kappa shape index (κ2) is 9.58. The number of benzene rings is 2. The quantitative estimate of drug-likeness (QED) is 0.579. The van der Waals surface area contributed by atoms with Gasteiger partial charge in [-0.1, -0.05) is 61.2 Å². The van der Waals surface area contributed by atoms with Crippen molar-refractivity contribution in [2.24, 2.45) is 5.92 Å². The molecule has 0 bridgehead atoms. The van der Waals surface area contributed by atoms with Gasteiger partial charge in [0.15, 0.2) is 9.84 Å². The van der Waals surface area contributed by atoms with Crippen LogP contribution in [0.4, 0.5) is 0 Å². The summed E-state index contributed by atoms with van der Waals surface area (Å²) >= 11 is 12.1. The Hall–Kier alpha value is -1.56. The van der Waals surface area contributed by atoms with E-state index in [9.17, 15) is 18.3 Å². The summed E-state index contributed by atoms with van der Waals surface area (Å²) in [5.41, 5.74) is 1.17. The van der Waals surface area contributed by atoms with Crippen LogP contribution in [0.15, 0.2) is 47.4 Å². The van der Waals surface area contributed by atoms with Crippen LogP contribution >= 0.6 is 23.2 Å². The fraction of sp³-hybridized carbons (Fsp3) is 0.350. The van der Waals surface area contributed by atoms with Crippen molar-refractivity contribution in [3.8, 4) is 0 Å². The Kier molecular flexibility index (Phi) is 7.71. The van der Waals surface area contributed by atoms with E-state index in [1.165, 1.54) is 12.1 Å². The average Bonchev–Trinajstić information content (AvgIpc) is 2.62. The van der Waals surface area contributed by atoms with Gasteiger partial charge in [0.05, 0.1) is 16.6 Å². The number of carboxylic acids is 1. The van der Waals surface area contributed by atoms with E-state index in [1.807, 2.05) is 6.92 Å². The maximum atomic E-state index is 12.7. The maximum Gasteiger partial charge on any atom is 0.306 e. The summed E-state index contributed by atoms with van der Waals surface area (Å²) in [5, 5.41) is 9.96. The second-order valence-electron chi connectivity index (χ2n) is 6.48. The van der Waals surface area contributed by atoms with E-state index in [4.69, 9.17) is 23.2 Å². The standard InChI is InChI=1S/C20H22Cl2O4S/c1-2-3-5-15(20(23)24)12-14-8-10-16(11-9-14)27(25,26)13-17-18(21)6-4-7-19(17)22/h4,6-11,15H,2-3,5,12-13H2,1H3,(H,23,24)/t15-/m1/s1. The van der Waals surface area contributed by atoms with Gasteiger partial charge in [0.2, 0.25) is 0 Å². The highest BCUT2D eigenvalue weighted by Crippen LogP contribution is 2.28. The number of rotatable bonds is 9. The van der Waals surface area contributed by atoms with Crippen molar-refractivity contribution in [3.05, 3.63) is 63.6 Å². The van der Waals surface area contributed by atoms with Crippen LogP contribution in [0.3, 0.4) is 0 Å². The molecule has 0 aromatic heterocycles. The molecule has 7 heteroatoms. The number of halogens is 2. The van der Waals surface area contributed by atoms with E-state index >= 15 is 0 Å². The van der Waals surface area contributed by atoms with Gasteiger partial charge in [-0.25, -0.2) is 8.42 Å². The zero-order valence-electron chi connectivity index (χ0n) is 15.0. The van der Waals surface area contributed by atoms with E-state index in [2.05, 4.69) is 0 Å². The van der Waals surface area contributed by atoms with Crippen LogP contribution < -0.4 is 0 Å². The van der Waals surface area contributed by atoms with Crippen LogP contribution in [0.2, 0.25) is 10.0 Å². The van der Waals surface area contributed by atoms with Gasteiger partial charge in [-0.05, 0) is 42.7 Å². The van der Waals surface area contributed by atoms with Crippen molar-refractivity contribution in [2.75, 3.05) is 0 Å². The minimum absolute atomic E-state index is 0.155. The number of unbranched alkanes of at least 4 members (excludes halogenated alkanes) is 1. The Bertz CT molecular complexity index is 872. The van der Waals surface area contributed by atoms with Crippen LogP contribution in [0.1, 0.15) is 37.3 Å². The first-order valence-electron chi connectivity index (χ1n) is 8.72. The number of aliphatic carboxylic acids is 1. The van der Waals surface area contributed by atoms with Gasteiger partial charge < -0.3 is 5.11 Å². The van der Waals surface area contributed by atoms with Gasteiger partial charge in [0.25, 0.3) is 0 Å². The molecule has 0 fully saturated rings. The largest absolute Gasteiger partial charge is 0.481 e. The number of carboxylic acid groups (broad SMARTS) is 1.